The summed E-state index contributed by atoms with van der Waals surface area (Å²) in [4.78, 5) is 13.2. The summed E-state index contributed by atoms with van der Waals surface area (Å²) in [5.41, 5.74) is -1.05. The number of carboxylic acid groups (broad SMARTS) is 1. The fraction of sp³-hybridized carbons (Fsp3) is 0.400. The molecule has 0 amide bonds. The summed E-state index contributed by atoms with van der Waals surface area (Å²) in [6.07, 6.45) is -3.68. The van der Waals surface area contributed by atoms with Gasteiger partial charge in [-0.15, -0.1) is 0 Å². The number of carbonyl (C=O) groups is 1. The van der Waals surface area contributed by atoms with Crippen molar-refractivity contribution in [3.05, 3.63) is 24.0 Å². The molecule has 96 valence electrons. The summed E-state index contributed by atoms with van der Waals surface area (Å²) in [7, 11) is 0. The number of ether oxygens (including phenoxy) is 1. The number of aliphatic carboxylic acids is 1. The van der Waals surface area contributed by atoms with E-state index in [1.165, 1.54) is 0 Å². The van der Waals surface area contributed by atoms with Crippen molar-refractivity contribution in [2.24, 2.45) is 0 Å². The number of nitrogens with zero attached hydrogens (tertiary/aromatic N) is 1. The van der Waals surface area contributed by atoms with E-state index in [0.717, 1.165) is 18.3 Å². The molecule has 1 rings (SSSR count). The van der Waals surface area contributed by atoms with Crippen LogP contribution in [0.1, 0.15) is 19.5 Å². The zero-order valence-corrected chi connectivity index (χ0v) is 9.28. The van der Waals surface area contributed by atoms with E-state index in [-0.39, 0.29) is 5.75 Å². The molecule has 1 heterocycles. The van der Waals surface area contributed by atoms with Crippen molar-refractivity contribution in [3.8, 4) is 5.75 Å². The Bertz CT molecular complexity index is 349. The Balaban J connectivity index is 0.00000121. The minimum atomic E-state index is -4.51. The van der Waals surface area contributed by atoms with Crippen LogP contribution >= 0.6 is 0 Å². The van der Waals surface area contributed by atoms with Crippen LogP contribution in [0.5, 0.6) is 5.75 Å². The van der Waals surface area contributed by atoms with Gasteiger partial charge < -0.3 is 9.84 Å². The van der Waals surface area contributed by atoms with Crippen LogP contribution in [-0.4, -0.2) is 22.7 Å². The summed E-state index contributed by atoms with van der Waals surface area (Å²) < 4.78 is 40.7. The first-order valence-electron chi connectivity index (χ1n) is 4.77. The molecule has 0 fully saturated rings. The van der Waals surface area contributed by atoms with Crippen LogP contribution < -0.4 is 4.74 Å². The monoisotopic (exact) mass is 251 g/mol. The molecule has 0 aliphatic carbocycles. The first kappa shape index (κ1) is 15.2. The van der Waals surface area contributed by atoms with Crippen LogP contribution in [0.15, 0.2) is 18.3 Å². The minimum Gasteiger partial charge on any atom is -0.480 e. The van der Waals surface area contributed by atoms with Gasteiger partial charge in [0.15, 0.2) is 6.61 Å². The SMILES string of the molecule is CC.O=C(O)COc1ccc(C(F)(F)F)nc1. The van der Waals surface area contributed by atoms with E-state index in [2.05, 4.69) is 9.72 Å². The molecule has 0 aliphatic rings. The molecule has 4 nitrogen and oxygen atoms in total. The normalized spacial score (nSPS) is 10.2. The highest BCUT2D eigenvalue weighted by molar-refractivity contribution is 5.68. The van der Waals surface area contributed by atoms with Gasteiger partial charge in [0.05, 0.1) is 6.20 Å². The number of carboxylic acids is 1. The van der Waals surface area contributed by atoms with E-state index in [1.54, 1.807) is 0 Å². The highest BCUT2D eigenvalue weighted by Crippen LogP contribution is 2.28. The van der Waals surface area contributed by atoms with E-state index < -0.39 is 24.4 Å². The minimum absolute atomic E-state index is 0.0228. The largest absolute Gasteiger partial charge is 0.480 e. The van der Waals surface area contributed by atoms with Gasteiger partial charge in [-0.05, 0) is 12.1 Å². The predicted molar refractivity (Wildman–Crippen MR) is 53.7 cm³/mol. The van der Waals surface area contributed by atoms with Crippen LogP contribution in [0.25, 0.3) is 0 Å². The third-order valence-electron chi connectivity index (χ3n) is 1.39. The molecule has 0 spiro atoms. The zero-order chi connectivity index (χ0) is 13.5. The van der Waals surface area contributed by atoms with Gasteiger partial charge in [-0.2, -0.15) is 13.2 Å². The van der Waals surface area contributed by atoms with Gasteiger partial charge in [0.1, 0.15) is 11.4 Å². The fourth-order valence-electron chi connectivity index (χ4n) is 0.778. The Kier molecular flexibility index (Phi) is 6.01. The van der Waals surface area contributed by atoms with Gasteiger partial charge in [0.2, 0.25) is 0 Å². The van der Waals surface area contributed by atoms with E-state index in [0.29, 0.717) is 0 Å². The van der Waals surface area contributed by atoms with Crippen molar-refractivity contribution in [1.29, 1.82) is 0 Å². The maximum atomic E-state index is 12.0. The van der Waals surface area contributed by atoms with E-state index in [9.17, 15) is 18.0 Å². The Morgan fingerprint density at radius 2 is 2.00 bits per heavy atom. The lowest BCUT2D eigenvalue weighted by molar-refractivity contribution is -0.141. The third-order valence-corrected chi connectivity index (χ3v) is 1.39. The molecule has 0 radical (unpaired) electrons. The van der Waals surface area contributed by atoms with Gasteiger partial charge in [0.25, 0.3) is 0 Å². The summed E-state index contributed by atoms with van der Waals surface area (Å²) in [6, 6.07) is 1.73. The van der Waals surface area contributed by atoms with Crippen molar-refractivity contribution in [1.82, 2.24) is 4.98 Å². The molecular formula is C10H12F3NO3. The Morgan fingerprint density at radius 1 is 1.41 bits per heavy atom. The average molecular weight is 251 g/mol. The van der Waals surface area contributed by atoms with E-state index >= 15 is 0 Å². The van der Waals surface area contributed by atoms with Crippen molar-refractivity contribution >= 4 is 5.97 Å². The second-order valence-electron chi connectivity index (χ2n) is 2.56. The van der Waals surface area contributed by atoms with Gasteiger partial charge >= 0.3 is 12.1 Å². The average Bonchev–Trinajstić information content (AvgIpc) is 2.28. The number of hydrogen-bond donors (Lipinski definition) is 1. The summed E-state index contributed by atoms with van der Waals surface area (Å²) in [6.45, 7) is 3.38. The van der Waals surface area contributed by atoms with Crippen molar-refractivity contribution in [2.75, 3.05) is 6.61 Å². The lowest BCUT2D eigenvalue weighted by Gasteiger charge is -2.06. The second kappa shape index (κ2) is 6.72. The van der Waals surface area contributed by atoms with Gasteiger partial charge in [-0.1, -0.05) is 13.8 Å². The Labute approximate surface area is 96.0 Å². The first-order chi connectivity index (χ1) is 7.89. The maximum absolute atomic E-state index is 12.0. The van der Waals surface area contributed by atoms with Crippen molar-refractivity contribution in [3.63, 3.8) is 0 Å². The number of rotatable bonds is 3. The molecule has 0 atom stereocenters. The summed E-state index contributed by atoms with van der Waals surface area (Å²) in [5.74, 6) is -1.24. The summed E-state index contributed by atoms with van der Waals surface area (Å²) >= 11 is 0. The molecule has 0 saturated heterocycles. The van der Waals surface area contributed by atoms with Crippen LogP contribution in [0.3, 0.4) is 0 Å². The molecule has 0 aromatic carbocycles. The number of hydrogen-bond acceptors (Lipinski definition) is 3. The molecule has 0 saturated carbocycles. The van der Waals surface area contributed by atoms with Gasteiger partial charge in [0, 0.05) is 0 Å². The molecule has 1 aromatic heterocycles. The molecule has 1 N–H and O–H groups in total. The Morgan fingerprint density at radius 3 is 2.35 bits per heavy atom. The quantitative estimate of drug-likeness (QED) is 0.896. The molecule has 0 aliphatic heterocycles. The highest BCUT2D eigenvalue weighted by Gasteiger charge is 2.32. The Hall–Kier alpha value is -1.79. The molecule has 1 aromatic rings. The molecule has 0 bridgehead atoms. The van der Waals surface area contributed by atoms with Gasteiger partial charge in [-0.25, -0.2) is 9.78 Å². The van der Waals surface area contributed by atoms with E-state index in [1.807, 2.05) is 13.8 Å². The number of halogens is 3. The highest BCUT2D eigenvalue weighted by atomic mass is 19.4. The van der Waals surface area contributed by atoms with Crippen LogP contribution in [0.2, 0.25) is 0 Å². The lowest BCUT2D eigenvalue weighted by atomic mass is 10.3. The van der Waals surface area contributed by atoms with Crippen LogP contribution in [0.4, 0.5) is 13.2 Å². The molecule has 0 unspecified atom stereocenters. The number of aromatic nitrogens is 1. The molecule has 7 heteroatoms. The van der Waals surface area contributed by atoms with E-state index in [4.69, 9.17) is 5.11 Å². The molecule has 17 heavy (non-hydrogen) atoms. The summed E-state index contributed by atoms with van der Waals surface area (Å²) in [5, 5.41) is 8.23. The van der Waals surface area contributed by atoms with Crippen LogP contribution in [-0.2, 0) is 11.0 Å². The van der Waals surface area contributed by atoms with Crippen LogP contribution in [0, 0.1) is 0 Å². The van der Waals surface area contributed by atoms with Crippen molar-refractivity contribution < 1.29 is 27.8 Å². The molecular weight excluding hydrogens is 239 g/mol. The smallest absolute Gasteiger partial charge is 0.433 e. The zero-order valence-electron chi connectivity index (χ0n) is 9.28. The van der Waals surface area contributed by atoms with Crippen molar-refractivity contribution in [2.45, 2.75) is 20.0 Å². The number of alkyl halides is 3. The maximum Gasteiger partial charge on any atom is 0.433 e. The third kappa shape index (κ3) is 5.74. The second-order valence-corrected chi connectivity index (χ2v) is 2.56. The first-order valence-corrected chi connectivity index (χ1v) is 4.77. The lowest BCUT2D eigenvalue weighted by Crippen LogP contribution is -2.11. The fourth-order valence-corrected chi connectivity index (χ4v) is 0.778. The standard InChI is InChI=1S/C8H6F3NO3.C2H6/c9-8(10,11)6-2-1-5(3-12-6)15-4-7(13)14;1-2/h1-3H,4H2,(H,13,14);1-2H3. The topological polar surface area (TPSA) is 59.4 Å². The van der Waals surface area contributed by atoms with Gasteiger partial charge in [-0.3, -0.25) is 0 Å². The number of pyridine rings is 1. The predicted octanol–water partition coefficient (Wildman–Crippen LogP) is 2.59.